The second-order valence-corrected chi connectivity index (χ2v) is 6.27. The zero-order chi connectivity index (χ0) is 16.3. The molecule has 0 radical (unpaired) electrons. The molecule has 1 aliphatic rings. The predicted octanol–water partition coefficient (Wildman–Crippen LogP) is 2.72. The summed E-state index contributed by atoms with van der Waals surface area (Å²) in [6.07, 6.45) is 1.38. The van der Waals surface area contributed by atoms with Crippen molar-refractivity contribution < 1.29 is 14.7 Å². The number of likely N-dealkylation sites (tertiary alicyclic amines) is 1. The molecule has 1 saturated heterocycles. The number of carbonyl (C=O) groups is 2. The Bertz CT molecular complexity index is 580. The number of carbonyl (C=O) groups excluding carboxylic acids is 1. The molecule has 2 rings (SSSR count). The Morgan fingerprint density at radius 1 is 1.45 bits per heavy atom. The van der Waals surface area contributed by atoms with Gasteiger partial charge in [-0.2, -0.15) is 0 Å². The summed E-state index contributed by atoms with van der Waals surface area (Å²) >= 11 is 12.0. The number of rotatable bonds is 5. The van der Waals surface area contributed by atoms with Gasteiger partial charge in [0.2, 0.25) is 5.91 Å². The van der Waals surface area contributed by atoms with Crippen molar-refractivity contribution in [2.24, 2.45) is 0 Å². The molecule has 0 aliphatic carbocycles. The van der Waals surface area contributed by atoms with E-state index in [4.69, 9.17) is 28.3 Å². The first-order valence-electron chi connectivity index (χ1n) is 7.09. The van der Waals surface area contributed by atoms with Crippen LogP contribution in [0.5, 0.6) is 0 Å². The summed E-state index contributed by atoms with van der Waals surface area (Å²) < 4.78 is 0. The third-order valence-corrected chi connectivity index (χ3v) is 4.36. The molecule has 1 aromatic rings. The van der Waals surface area contributed by atoms with Crippen molar-refractivity contribution in [2.75, 3.05) is 13.1 Å². The van der Waals surface area contributed by atoms with Crippen LogP contribution >= 0.6 is 23.2 Å². The van der Waals surface area contributed by atoms with Crippen molar-refractivity contribution in [3.05, 3.63) is 33.8 Å². The third-order valence-electron chi connectivity index (χ3n) is 3.80. The fourth-order valence-electron chi connectivity index (χ4n) is 2.70. The van der Waals surface area contributed by atoms with Crippen LogP contribution in [-0.2, 0) is 9.59 Å². The molecule has 1 aliphatic heterocycles. The molecule has 1 aromatic carbocycles. The van der Waals surface area contributed by atoms with Crippen LogP contribution in [0.4, 0.5) is 0 Å². The summed E-state index contributed by atoms with van der Waals surface area (Å²) in [5.74, 6) is -1.09. The molecule has 1 fully saturated rings. The van der Waals surface area contributed by atoms with E-state index in [0.717, 1.165) is 12.0 Å². The van der Waals surface area contributed by atoms with Gasteiger partial charge in [0.05, 0.1) is 12.6 Å². The van der Waals surface area contributed by atoms with Gasteiger partial charge in [-0.05, 0) is 44.0 Å². The minimum Gasteiger partial charge on any atom is -0.480 e. The van der Waals surface area contributed by atoms with E-state index >= 15 is 0 Å². The number of hydrogen-bond acceptors (Lipinski definition) is 3. The molecule has 22 heavy (non-hydrogen) atoms. The highest BCUT2D eigenvalue weighted by Gasteiger charge is 2.31. The molecule has 2 N–H and O–H groups in total. The van der Waals surface area contributed by atoms with Gasteiger partial charge in [0.25, 0.3) is 0 Å². The number of halogens is 2. The molecular weight excluding hydrogens is 327 g/mol. The number of benzene rings is 1. The number of nitrogens with one attached hydrogen (secondary N) is 1. The number of aliphatic carboxylic acids is 1. The average molecular weight is 345 g/mol. The van der Waals surface area contributed by atoms with Crippen molar-refractivity contribution in [1.82, 2.24) is 10.2 Å². The molecule has 0 aromatic heterocycles. The van der Waals surface area contributed by atoms with Crippen LogP contribution in [0, 0.1) is 0 Å². The standard InChI is InChI=1S/C15H18Cl2N2O3/c1-9(11-5-4-10(16)7-12(11)17)18-14(20)8-19-6-2-3-13(19)15(21)22/h4-5,7,9,13H,2-3,6,8H2,1H3,(H,18,20)(H,21,22). The lowest BCUT2D eigenvalue weighted by Crippen LogP contribution is -2.43. The highest BCUT2D eigenvalue weighted by Crippen LogP contribution is 2.26. The van der Waals surface area contributed by atoms with Gasteiger partial charge in [-0.1, -0.05) is 29.3 Å². The van der Waals surface area contributed by atoms with Crippen LogP contribution in [-0.4, -0.2) is 41.0 Å². The zero-order valence-corrected chi connectivity index (χ0v) is 13.7. The lowest BCUT2D eigenvalue weighted by atomic mass is 10.1. The van der Waals surface area contributed by atoms with Crippen LogP contribution in [0.15, 0.2) is 18.2 Å². The van der Waals surface area contributed by atoms with Gasteiger partial charge in [-0.25, -0.2) is 0 Å². The monoisotopic (exact) mass is 344 g/mol. The van der Waals surface area contributed by atoms with Gasteiger partial charge in [0, 0.05) is 10.0 Å². The van der Waals surface area contributed by atoms with E-state index in [9.17, 15) is 9.59 Å². The highest BCUT2D eigenvalue weighted by atomic mass is 35.5. The van der Waals surface area contributed by atoms with Crippen LogP contribution in [0.2, 0.25) is 10.0 Å². The second kappa shape index (κ2) is 7.31. The zero-order valence-electron chi connectivity index (χ0n) is 12.2. The van der Waals surface area contributed by atoms with E-state index in [0.29, 0.717) is 23.0 Å². The molecule has 1 amide bonds. The summed E-state index contributed by atoms with van der Waals surface area (Å²) in [4.78, 5) is 24.9. The Balaban J connectivity index is 1.95. The maximum absolute atomic E-state index is 12.1. The lowest BCUT2D eigenvalue weighted by molar-refractivity contribution is -0.142. The summed E-state index contributed by atoms with van der Waals surface area (Å²) in [7, 11) is 0. The molecule has 2 atom stereocenters. The van der Waals surface area contributed by atoms with E-state index in [1.807, 2.05) is 6.92 Å². The molecule has 120 valence electrons. The van der Waals surface area contributed by atoms with Crippen molar-refractivity contribution in [2.45, 2.75) is 31.8 Å². The van der Waals surface area contributed by atoms with Crippen LogP contribution in [0.1, 0.15) is 31.4 Å². The Labute approximate surface area is 139 Å². The minimum atomic E-state index is -0.876. The molecule has 0 spiro atoms. The normalized spacial score (nSPS) is 19.9. The Morgan fingerprint density at radius 2 is 2.18 bits per heavy atom. The topological polar surface area (TPSA) is 69.6 Å². The summed E-state index contributed by atoms with van der Waals surface area (Å²) in [6.45, 7) is 2.53. The van der Waals surface area contributed by atoms with Gasteiger partial charge in [0.1, 0.15) is 6.04 Å². The first-order chi connectivity index (χ1) is 10.4. The quantitative estimate of drug-likeness (QED) is 0.861. The van der Waals surface area contributed by atoms with Gasteiger partial charge in [-0.3, -0.25) is 14.5 Å². The maximum atomic E-state index is 12.1. The maximum Gasteiger partial charge on any atom is 0.320 e. The Hall–Kier alpha value is -1.30. The molecular formula is C15H18Cl2N2O3. The highest BCUT2D eigenvalue weighted by molar-refractivity contribution is 6.35. The molecule has 0 saturated carbocycles. The first kappa shape index (κ1) is 17.1. The van der Waals surface area contributed by atoms with Crippen LogP contribution in [0.25, 0.3) is 0 Å². The fraction of sp³-hybridized carbons (Fsp3) is 0.467. The van der Waals surface area contributed by atoms with E-state index < -0.39 is 12.0 Å². The second-order valence-electron chi connectivity index (χ2n) is 5.42. The number of nitrogens with zero attached hydrogens (tertiary/aromatic N) is 1. The lowest BCUT2D eigenvalue weighted by Gasteiger charge is -2.22. The third kappa shape index (κ3) is 4.12. The van der Waals surface area contributed by atoms with Crippen molar-refractivity contribution in [1.29, 1.82) is 0 Å². The van der Waals surface area contributed by atoms with E-state index in [1.165, 1.54) is 0 Å². The number of amides is 1. The van der Waals surface area contributed by atoms with Crippen molar-refractivity contribution in [3.8, 4) is 0 Å². The minimum absolute atomic E-state index is 0.0759. The van der Waals surface area contributed by atoms with Gasteiger partial charge < -0.3 is 10.4 Å². The summed E-state index contributed by atoms with van der Waals surface area (Å²) in [5.41, 5.74) is 0.774. The van der Waals surface area contributed by atoms with E-state index in [1.54, 1.807) is 23.1 Å². The molecule has 0 bridgehead atoms. The van der Waals surface area contributed by atoms with Crippen molar-refractivity contribution >= 4 is 35.1 Å². The van der Waals surface area contributed by atoms with E-state index in [2.05, 4.69) is 5.32 Å². The van der Waals surface area contributed by atoms with Crippen LogP contribution in [0.3, 0.4) is 0 Å². The first-order valence-corrected chi connectivity index (χ1v) is 7.85. The summed E-state index contributed by atoms with van der Waals surface area (Å²) in [6, 6.07) is 4.27. The van der Waals surface area contributed by atoms with Crippen molar-refractivity contribution in [3.63, 3.8) is 0 Å². The predicted molar refractivity (Wildman–Crippen MR) is 85.3 cm³/mol. The Morgan fingerprint density at radius 3 is 2.82 bits per heavy atom. The molecule has 5 nitrogen and oxygen atoms in total. The summed E-state index contributed by atoms with van der Waals surface area (Å²) in [5, 5.41) is 13.0. The fourth-order valence-corrected chi connectivity index (χ4v) is 3.27. The SMILES string of the molecule is CC(NC(=O)CN1CCCC1C(=O)O)c1ccc(Cl)cc1Cl. The smallest absolute Gasteiger partial charge is 0.320 e. The van der Waals surface area contributed by atoms with E-state index in [-0.39, 0.29) is 18.5 Å². The van der Waals surface area contributed by atoms with Gasteiger partial charge in [0.15, 0.2) is 0 Å². The number of hydrogen-bond donors (Lipinski definition) is 2. The number of carboxylic acids is 1. The molecule has 7 heteroatoms. The molecule has 2 unspecified atom stereocenters. The largest absolute Gasteiger partial charge is 0.480 e. The Kier molecular flexibility index (Phi) is 5.67. The van der Waals surface area contributed by atoms with Crippen LogP contribution < -0.4 is 5.32 Å². The number of carboxylic acid groups (broad SMARTS) is 1. The van der Waals surface area contributed by atoms with Gasteiger partial charge >= 0.3 is 5.97 Å². The van der Waals surface area contributed by atoms with Gasteiger partial charge in [-0.15, -0.1) is 0 Å². The molecule has 1 heterocycles. The average Bonchev–Trinajstić information content (AvgIpc) is 2.86.